The topological polar surface area (TPSA) is 17.1 Å². The van der Waals surface area contributed by atoms with Crippen LogP contribution in [0.1, 0.15) is 5.56 Å². The average Bonchev–Trinajstić information content (AvgIpc) is 2.27. The van der Waals surface area contributed by atoms with E-state index in [0.717, 1.165) is 12.1 Å². The van der Waals surface area contributed by atoms with Crippen LogP contribution in [0.25, 0.3) is 0 Å². The Morgan fingerprint density at radius 1 is 1.07 bits per heavy atom. The number of alkyl halides is 4. The third-order valence-corrected chi connectivity index (χ3v) is 3.50. The lowest BCUT2D eigenvalue weighted by Gasteiger charge is -2.16. The van der Waals surface area contributed by atoms with Gasteiger partial charge in [0.1, 0.15) is 10.8 Å². The van der Waals surface area contributed by atoms with E-state index in [-0.39, 0.29) is 0 Å². The Morgan fingerprint density at radius 2 is 1.64 bits per heavy atom. The first-order valence-electron chi connectivity index (χ1n) is 3.66. The highest BCUT2D eigenvalue weighted by molar-refractivity contribution is 7.86. The van der Waals surface area contributed by atoms with Crippen molar-refractivity contribution in [2.45, 2.75) is 16.1 Å². The lowest BCUT2D eigenvalue weighted by molar-refractivity contribution is -0.156. The summed E-state index contributed by atoms with van der Waals surface area (Å²) in [7, 11) is -2.96. The summed E-state index contributed by atoms with van der Waals surface area (Å²) >= 11 is 0. The fourth-order valence-electron chi connectivity index (χ4n) is 1.30. The summed E-state index contributed by atoms with van der Waals surface area (Å²) in [4.78, 5) is -0.484. The predicted octanol–water partition coefficient (Wildman–Crippen LogP) is 2.49. The highest BCUT2D eigenvalue weighted by Crippen LogP contribution is 2.54. The molecule has 14 heavy (non-hydrogen) atoms. The smallest absolute Gasteiger partial charge is 0.248 e. The van der Waals surface area contributed by atoms with Crippen LogP contribution in [0, 0.1) is 0 Å². The van der Waals surface area contributed by atoms with E-state index < -0.39 is 32.4 Å². The van der Waals surface area contributed by atoms with Gasteiger partial charge < -0.3 is 0 Å². The van der Waals surface area contributed by atoms with Gasteiger partial charge in [0.2, 0.25) is 0 Å². The molecule has 1 atom stereocenters. The van der Waals surface area contributed by atoms with Crippen molar-refractivity contribution < 1.29 is 21.8 Å². The van der Waals surface area contributed by atoms with Crippen LogP contribution in [0.5, 0.6) is 0 Å². The SMILES string of the molecule is O=S1c2ccccc2C(F)(F)C1(F)F. The molecule has 1 unspecified atom stereocenters. The Kier molecular flexibility index (Phi) is 1.76. The van der Waals surface area contributed by atoms with Crippen LogP contribution in [-0.4, -0.2) is 9.46 Å². The lowest BCUT2D eigenvalue weighted by atomic mass is 10.1. The number of rotatable bonds is 0. The molecule has 2 rings (SSSR count). The number of fused-ring (bicyclic) bond motifs is 1. The van der Waals surface area contributed by atoms with Crippen molar-refractivity contribution in [2.24, 2.45) is 0 Å². The number of hydrogen-bond acceptors (Lipinski definition) is 1. The van der Waals surface area contributed by atoms with Gasteiger partial charge in [0, 0.05) is 5.56 Å². The van der Waals surface area contributed by atoms with Crippen molar-refractivity contribution in [1.82, 2.24) is 0 Å². The first-order chi connectivity index (χ1) is 6.39. The minimum Gasteiger partial charge on any atom is -0.248 e. The molecule has 1 nitrogen and oxygen atoms in total. The maximum Gasteiger partial charge on any atom is 0.391 e. The fraction of sp³-hybridized carbons (Fsp3) is 0.250. The zero-order chi connectivity index (χ0) is 10.6. The second kappa shape index (κ2) is 2.56. The summed E-state index contributed by atoms with van der Waals surface area (Å²) in [5.74, 6) is -4.34. The van der Waals surface area contributed by atoms with Crippen LogP contribution in [0.3, 0.4) is 0 Å². The predicted molar refractivity (Wildman–Crippen MR) is 41.7 cm³/mol. The molecule has 0 aliphatic carbocycles. The van der Waals surface area contributed by atoms with Gasteiger partial charge in [-0.3, -0.25) is 0 Å². The molecule has 0 saturated heterocycles. The molecule has 0 N–H and O–H groups in total. The Bertz CT molecular complexity index is 416. The molecule has 1 aliphatic rings. The van der Waals surface area contributed by atoms with Crippen LogP contribution < -0.4 is 0 Å². The average molecular weight is 224 g/mol. The molecular weight excluding hydrogens is 220 g/mol. The molecule has 0 radical (unpaired) electrons. The van der Waals surface area contributed by atoms with Crippen LogP contribution in [0.2, 0.25) is 0 Å². The molecule has 1 heterocycles. The molecule has 0 saturated carbocycles. The van der Waals surface area contributed by atoms with Gasteiger partial charge in [-0.2, -0.15) is 17.6 Å². The van der Waals surface area contributed by atoms with Crippen LogP contribution in [-0.2, 0) is 16.7 Å². The summed E-state index contributed by atoms with van der Waals surface area (Å²) in [6.45, 7) is 0. The fourth-order valence-corrected chi connectivity index (χ4v) is 2.52. The van der Waals surface area contributed by atoms with E-state index in [4.69, 9.17) is 0 Å². The largest absolute Gasteiger partial charge is 0.391 e. The first kappa shape index (κ1) is 9.64. The van der Waals surface area contributed by atoms with E-state index in [1.807, 2.05) is 0 Å². The number of halogens is 4. The second-order valence-electron chi connectivity index (χ2n) is 2.86. The maximum absolute atomic E-state index is 13.0. The van der Waals surface area contributed by atoms with Crippen LogP contribution in [0.4, 0.5) is 17.6 Å². The zero-order valence-electron chi connectivity index (χ0n) is 6.64. The van der Waals surface area contributed by atoms with Crippen molar-refractivity contribution in [1.29, 1.82) is 0 Å². The minimum absolute atomic E-state index is 0.484. The van der Waals surface area contributed by atoms with Crippen molar-refractivity contribution in [3.63, 3.8) is 0 Å². The van der Waals surface area contributed by atoms with Gasteiger partial charge >= 0.3 is 11.2 Å². The first-order valence-corrected chi connectivity index (χ1v) is 4.81. The number of hydrogen-bond donors (Lipinski definition) is 0. The van der Waals surface area contributed by atoms with Gasteiger partial charge in [-0.25, -0.2) is 4.21 Å². The van der Waals surface area contributed by atoms with Crippen LogP contribution in [0.15, 0.2) is 29.2 Å². The summed E-state index contributed by atoms with van der Waals surface area (Å²) in [5, 5.41) is -4.50. The van der Waals surface area contributed by atoms with E-state index in [1.165, 1.54) is 12.1 Å². The third kappa shape index (κ3) is 0.917. The minimum atomic E-state index is -4.50. The zero-order valence-corrected chi connectivity index (χ0v) is 7.45. The highest BCUT2D eigenvalue weighted by atomic mass is 32.2. The summed E-state index contributed by atoms with van der Waals surface area (Å²) in [6, 6.07) is 4.41. The van der Waals surface area contributed by atoms with Crippen molar-refractivity contribution in [2.75, 3.05) is 0 Å². The van der Waals surface area contributed by atoms with Crippen molar-refractivity contribution in [3.8, 4) is 0 Å². The van der Waals surface area contributed by atoms with Gasteiger partial charge in [-0.1, -0.05) is 18.2 Å². The standard InChI is InChI=1S/C8H4F4OS/c9-7(10)5-3-1-2-4-6(5)14(13)8(7,11)12/h1-4H. The molecule has 0 bridgehead atoms. The molecule has 0 aromatic heterocycles. The van der Waals surface area contributed by atoms with E-state index in [0.29, 0.717) is 0 Å². The van der Waals surface area contributed by atoms with E-state index in [2.05, 4.69) is 0 Å². The van der Waals surface area contributed by atoms with E-state index in [1.54, 1.807) is 0 Å². The molecular formula is C8H4F4OS. The molecule has 0 amide bonds. The second-order valence-corrected chi connectivity index (χ2v) is 4.35. The normalized spacial score (nSPS) is 27.3. The molecule has 0 fully saturated rings. The number of benzene rings is 1. The Morgan fingerprint density at radius 3 is 2.21 bits per heavy atom. The lowest BCUT2D eigenvalue weighted by Crippen LogP contribution is -2.35. The molecule has 76 valence electrons. The Balaban J connectivity index is 2.74. The van der Waals surface area contributed by atoms with Gasteiger partial charge in [-0.15, -0.1) is 0 Å². The monoisotopic (exact) mass is 224 g/mol. The quantitative estimate of drug-likeness (QED) is 0.619. The molecule has 0 spiro atoms. The molecule has 1 aliphatic heterocycles. The molecule has 1 aromatic carbocycles. The third-order valence-electron chi connectivity index (χ3n) is 2.02. The highest BCUT2D eigenvalue weighted by Gasteiger charge is 2.68. The van der Waals surface area contributed by atoms with Crippen LogP contribution >= 0.6 is 0 Å². The Labute approximate surface area is 79.2 Å². The molecule has 6 heteroatoms. The Hall–Kier alpha value is -0.910. The summed E-state index contributed by atoms with van der Waals surface area (Å²) in [5.41, 5.74) is -0.844. The van der Waals surface area contributed by atoms with Crippen molar-refractivity contribution >= 4 is 10.8 Å². The summed E-state index contributed by atoms with van der Waals surface area (Å²) < 4.78 is 62.8. The maximum atomic E-state index is 13.0. The van der Waals surface area contributed by atoms with Gasteiger partial charge in [0.25, 0.3) is 0 Å². The summed E-state index contributed by atoms with van der Waals surface area (Å²) in [6.07, 6.45) is 0. The van der Waals surface area contributed by atoms with Gasteiger partial charge in [0.05, 0.1) is 4.90 Å². The molecule has 1 aromatic rings. The van der Waals surface area contributed by atoms with Gasteiger partial charge in [0.15, 0.2) is 0 Å². The van der Waals surface area contributed by atoms with E-state index in [9.17, 15) is 21.8 Å². The van der Waals surface area contributed by atoms with E-state index >= 15 is 0 Å². The van der Waals surface area contributed by atoms with Crippen molar-refractivity contribution in [3.05, 3.63) is 29.8 Å². The van der Waals surface area contributed by atoms with Gasteiger partial charge in [-0.05, 0) is 6.07 Å².